The number of nitrogens with zero attached hydrogens (tertiary/aromatic N) is 2. The Morgan fingerprint density at radius 1 is 0.933 bits per heavy atom. The van der Waals surface area contributed by atoms with E-state index in [1.165, 1.54) is 0 Å². The second-order valence-corrected chi connectivity index (χ2v) is 6.34. The number of ether oxygens (including phenoxy) is 2. The molecule has 0 bridgehead atoms. The van der Waals surface area contributed by atoms with Crippen molar-refractivity contribution in [2.75, 3.05) is 14.2 Å². The van der Waals surface area contributed by atoms with Crippen LogP contribution in [-0.2, 0) is 19.7 Å². The second kappa shape index (κ2) is 12.7. The average Bonchev–Trinajstić information content (AvgIpc) is 2.79. The Balaban J connectivity index is 0.00000320. The third-order valence-electron chi connectivity index (χ3n) is 4.36. The predicted octanol–water partition coefficient (Wildman–Crippen LogP) is 4.15. The van der Waals surface area contributed by atoms with Gasteiger partial charge >= 0.3 is 0 Å². The largest absolute Gasteiger partial charge is 0.496 e. The molecule has 0 saturated heterocycles. The first kappa shape index (κ1) is 23.5. The van der Waals surface area contributed by atoms with Gasteiger partial charge in [-0.2, -0.15) is 0 Å². The van der Waals surface area contributed by atoms with Gasteiger partial charge in [-0.05, 0) is 35.9 Å². The monoisotopic (exact) mass is 518 g/mol. The van der Waals surface area contributed by atoms with Crippen LogP contribution in [0.1, 0.15) is 16.8 Å². The number of methoxy groups -OCH3 is 1. The van der Waals surface area contributed by atoms with Gasteiger partial charge in [-0.3, -0.25) is 9.98 Å². The first-order chi connectivity index (χ1) is 14.3. The smallest absolute Gasteiger partial charge is 0.191 e. The molecule has 0 radical (unpaired) electrons. The number of aliphatic imine (C=N–C) groups is 1. The van der Waals surface area contributed by atoms with Crippen LogP contribution < -0.4 is 20.1 Å². The molecule has 2 aromatic carbocycles. The van der Waals surface area contributed by atoms with Crippen LogP contribution in [0.2, 0.25) is 0 Å². The van der Waals surface area contributed by atoms with E-state index in [-0.39, 0.29) is 24.0 Å². The number of guanidine groups is 1. The Morgan fingerprint density at radius 2 is 1.67 bits per heavy atom. The summed E-state index contributed by atoms with van der Waals surface area (Å²) < 4.78 is 11.2. The number of halogens is 1. The third kappa shape index (κ3) is 7.22. The van der Waals surface area contributed by atoms with Gasteiger partial charge in [0.05, 0.1) is 12.8 Å². The number of pyridine rings is 1. The van der Waals surface area contributed by atoms with Crippen molar-refractivity contribution >= 4 is 29.9 Å². The van der Waals surface area contributed by atoms with Crippen LogP contribution in [0.4, 0.5) is 0 Å². The maximum atomic E-state index is 5.77. The molecule has 0 aliphatic heterocycles. The lowest BCUT2D eigenvalue weighted by atomic mass is 10.2. The molecular formula is C23H27IN4O2. The molecule has 0 unspecified atom stereocenters. The topological polar surface area (TPSA) is 67.8 Å². The minimum Gasteiger partial charge on any atom is -0.496 e. The van der Waals surface area contributed by atoms with Crippen LogP contribution >= 0.6 is 24.0 Å². The second-order valence-electron chi connectivity index (χ2n) is 6.34. The van der Waals surface area contributed by atoms with Crippen LogP contribution in [0, 0.1) is 0 Å². The van der Waals surface area contributed by atoms with E-state index < -0.39 is 0 Å². The molecule has 158 valence electrons. The highest BCUT2D eigenvalue weighted by molar-refractivity contribution is 14.0. The SMILES string of the molecule is CN=C(NCc1ccc(OCc2ccccn2)cc1)NCc1ccccc1OC.I. The fraction of sp³-hybridized carbons (Fsp3) is 0.217. The number of rotatable bonds is 8. The van der Waals surface area contributed by atoms with E-state index in [2.05, 4.69) is 20.6 Å². The molecule has 0 aliphatic rings. The van der Waals surface area contributed by atoms with Crippen LogP contribution in [0.15, 0.2) is 77.9 Å². The fourth-order valence-corrected chi connectivity index (χ4v) is 2.78. The van der Waals surface area contributed by atoms with Gasteiger partial charge < -0.3 is 20.1 Å². The van der Waals surface area contributed by atoms with Crippen molar-refractivity contribution in [2.45, 2.75) is 19.7 Å². The van der Waals surface area contributed by atoms with Crippen molar-refractivity contribution in [3.8, 4) is 11.5 Å². The first-order valence-corrected chi connectivity index (χ1v) is 9.46. The normalized spacial score (nSPS) is 10.7. The number of nitrogens with one attached hydrogen (secondary N) is 2. The van der Waals surface area contributed by atoms with E-state index in [0.29, 0.717) is 19.7 Å². The summed E-state index contributed by atoms with van der Waals surface area (Å²) in [6.07, 6.45) is 1.77. The molecule has 1 heterocycles. The number of aromatic nitrogens is 1. The van der Waals surface area contributed by atoms with Crippen molar-refractivity contribution in [1.82, 2.24) is 15.6 Å². The third-order valence-corrected chi connectivity index (χ3v) is 4.36. The molecule has 0 saturated carbocycles. The first-order valence-electron chi connectivity index (χ1n) is 9.46. The van der Waals surface area contributed by atoms with Gasteiger partial charge in [0.1, 0.15) is 18.1 Å². The lowest BCUT2D eigenvalue weighted by molar-refractivity contribution is 0.301. The minimum atomic E-state index is 0. The summed E-state index contributed by atoms with van der Waals surface area (Å²) >= 11 is 0. The number of para-hydroxylation sites is 1. The molecule has 3 aromatic rings. The summed E-state index contributed by atoms with van der Waals surface area (Å²) in [6, 6.07) is 21.7. The van der Waals surface area contributed by atoms with E-state index >= 15 is 0 Å². The molecule has 2 N–H and O–H groups in total. The maximum absolute atomic E-state index is 5.77. The Bertz CT molecular complexity index is 918. The summed E-state index contributed by atoms with van der Waals surface area (Å²) in [5, 5.41) is 6.63. The zero-order valence-corrected chi connectivity index (χ0v) is 19.5. The summed E-state index contributed by atoms with van der Waals surface area (Å²) in [5.41, 5.74) is 3.12. The van der Waals surface area contributed by atoms with Crippen molar-refractivity contribution in [2.24, 2.45) is 4.99 Å². The summed E-state index contributed by atoms with van der Waals surface area (Å²) in [4.78, 5) is 8.53. The Morgan fingerprint density at radius 3 is 2.37 bits per heavy atom. The molecule has 0 fully saturated rings. The Hall–Kier alpha value is -2.81. The summed E-state index contributed by atoms with van der Waals surface area (Å²) in [6.45, 7) is 1.74. The lowest BCUT2D eigenvalue weighted by Crippen LogP contribution is -2.36. The number of hydrogen-bond donors (Lipinski definition) is 2. The zero-order valence-electron chi connectivity index (χ0n) is 17.2. The zero-order chi connectivity index (χ0) is 20.3. The Kier molecular flexibility index (Phi) is 9.93. The van der Waals surface area contributed by atoms with Crippen molar-refractivity contribution < 1.29 is 9.47 Å². The number of hydrogen-bond acceptors (Lipinski definition) is 4. The van der Waals surface area contributed by atoms with E-state index in [0.717, 1.165) is 34.3 Å². The molecule has 30 heavy (non-hydrogen) atoms. The highest BCUT2D eigenvalue weighted by Crippen LogP contribution is 2.17. The molecule has 6 nitrogen and oxygen atoms in total. The maximum Gasteiger partial charge on any atom is 0.191 e. The highest BCUT2D eigenvalue weighted by Gasteiger charge is 2.04. The van der Waals surface area contributed by atoms with Gasteiger partial charge in [0.15, 0.2) is 5.96 Å². The van der Waals surface area contributed by atoms with Crippen LogP contribution in [-0.4, -0.2) is 25.1 Å². The Labute approximate surface area is 194 Å². The van der Waals surface area contributed by atoms with Crippen molar-refractivity contribution in [1.29, 1.82) is 0 Å². The van der Waals surface area contributed by atoms with Crippen LogP contribution in [0.5, 0.6) is 11.5 Å². The van der Waals surface area contributed by atoms with E-state index in [9.17, 15) is 0 Å². The molecule has 0 aliphatic carbocycles. The molecule has 0 spiro atoms. The number of benzene rings is 2. The summed E-state index contributed by atoms with van der Waals surface area (Å²) in [5.74, 6) is 2.40. The molecule has 7 heteroatoms. The average molecular weight is 518 g/mol. The molecule has 0 atom stereocenters. The summed E-state index contributed by atoms with van der Waals surface area (Å²) in [7, 11) is 3.43. The van der Waals surface area contributed by atoms with Gasteiger partial charge in [-0.1, -0.05) is 36.4 Å². The van der Waals surface area contributed by atoms with Gasteiger partial charge in [-0.25, -0.2) is 0 Å². The molecule has 1 aromatic heterocycles. The fourth-order valence-electron chi connectivity index (χ4n) is 2.78. The molecular weight excluding hydrogens is 491 g/mol. The molecule has 3 rings (SSSR count). The van der Waals surface area contributed by atoms with Gasteiger partial charge in [0, 0.05) is 31.9 Å². The van der Waals surface area contributed by atoms with Crippen molar-refractivity contribution in [3.05, 3.63) is 89.7 Å². The van der Waals surface area contributed by atoms with Crippen LogP contribution in [0.3, 0.4) is 0 Å². The van der Waals surface area contributed by atoms with Crippen molar-refractivity contribution in [3.63, 3.8) is 0 Å². The molecule has 0 amide bonds. The van der Waals surface area contributed by atoms with E-state index in [1.807, 2.05) is 66.7 Å². The predicted molar refractivity (Wildman–Crippen MR) is 130 cm³/mol. The lowest BCUT2D eigenvalue weighted by Gasteiger charge is -2.14. The van der Waals surface area contributed by atoms with Crippen LogP contribution in [0.25, 0.3) is 0 Å². The van der Waals surface area contributed by atoms with E-state index in [1.54, 1.807) is 20.4 Å². The van der Waals surface area contributed by atoms with Gasteiger partial charge in [0.25, 0.3) is 0 Å². The standard InChI is InChI=1S/C23H26N4O2.HI/c1-24-23(27-16-19-7-3-4-9-22(19)28-2)26-15-18-10-12-21(13-11-18)29-17-20-8-5-6-14-25-20;/h3-14H,15-17H2,1-2H3,(H2,24,26,27);1H. The van der Waals surface area contributed by atoms with Gasteiger partial charge in [-0.15, -0.1) is 24.0 Å². The minimum absolute atomic E-state index is 0. The van der Waals surface area contributed by atoms with E-state index in [4.69, 9.17) is 9.47 Å². The van der Waals surface area contributed by atoms with Gasteiger partial charge in [0.2, 0.25) is 0 Å². The quantitative estimate of drug-likeness (QED) is 0.267. The highest BCUT2D eigenvalue weighted by atomic mass is 127.